The van der Waals surface area contributed by atoms with Gasteiger partial charge >= 0.3 is 5.97 Å². The molecule has 1 N–H and O–H groups in total. The fourth-order valence-corrected chi connectivity index (χ4v) is 1.40. The number of hydrogen-bond acceptors (Lipinski definition) is 5. The molecule has 0 amide bonds. The van der Waals surface area contributed by atoms with Crippen LogP contribution in [-0.2, 0) is 19.0 Å². The lowest BCUT2D eigenvalue weighted by atomic mass is 10.0. The number of esters is 1. The standard InChI is InChI=1S/C8H14O5/c1-11-7(10)8(12-2)6(9)4-3-5-13-8/h6,9H,3-5H2,1-2H3/t6-,8-/m0/s1. The number of rotatable bonds is 2. The molecule has 0 radical (unpaired) electrons. The van der Waals surface area contributed by atoms with Crippen molar-refractivity contribution in [3.8, 4) is 0 Å². The van der Waals surface area contributed by atoms with Crippen molar-refractivity contribution in [2.24, 2.45) is 0 Å². The van der Waals surface area contributed by atoms with Gasteiger partial charge in [0.15, 0.2) is 0 Å². The van der Waals surface area contributed by atoms with Crippen LogP contribution in [0.3, 0.4) is 0 Å². The summed E-state index contributed by atoms with van der Waals surface area (Å²) in [5, 5.41) is 9.57. The Labute approximate surface area is 76.6 Å². The lowest BCUT2D eigenvalue weighted by molar-refractivity contribution is -0.285. The minimum atomic E-state index is -1.62. The minimum absolute atomic E-state index is 0.389. The van der Waals surface area contributed by atoms with E-state index in [2.05, 4.69) is 4.74 Å². The summed E-state index contributed by atoms with van der Waals surface area (Å²) in [6.45, 7) is 0.389. The van der Waals surface area contributed by atoms with Crippen LogP contribution in [0.1, 0.15) is 12.8 Å². The highest BCUT2D eigenvalue weighted by atomic mass is 16.7. The maximum atomic E-state index is 11.3. The predicted molar refractivity (Wildman–Crippen MR) is 42.9 cm³/mol. The van der Waals surface area contributed by atoms with Gasteiger partial charge in [-0.3, -0.25) is 0 Å². The van der Waals surface area contributed by atoms with E-state index in [1.807, 2.05) is 0 Å². The fourth-order valence-electron chi connectivity index (χ4n) is 1.40. The average molecular weight is 190 g/mol. The van der Waals surface area contributed by atoms with Crippen molar-refractivity contribution in [2.45, 2.75) is 24.7 Å². The number of carbonyl (C=O) groups excluding carboxylic acids is 1. The summed E-state index contributed by atoms with van der Waals surface area (Å²) in [6.07, 6.45) is 0.227. The van der Waals surface area contributed by atoms with Crippen molar-refractivity contribution in [1.29, 1.82) is 0 Å². The zero-order valence-electron chi connectivity index (χ0n) is 7.78. The van der Waals surface area contributed by atoms with Crippen molar-refractivity contribution in [3.63, 3.8) is 0 Å². The number of methoxy groups -OCH3 is 2. The smallest absolute Gasteiger partial charge is 0.369 e. The monoisotopic (exact) mass is 190 g/mol. The van der Waals surface area contributed by atoms with E-state index in [-0.39, 0.29) is 0 Å². The zero-order chi connectivity index (χ0) is 9.90. The first kappa shape index (κ1) is 10.4. The fraction of sp³-hybridized carbons (Fsp3) is 0.875. The van der Waals surface area contributed by atoms with E-state index in [1.54, 1.807) is 0 Å². The predicted octanol–water partition coefficient (Wildman–Crippen LogP) is -0.327. The van der Waals surface area contributed by atoms with Gasteiger partial charge in [-0.15, -0.1) is 0 Å². The van der Waals surface area contributed by atoms with Crippen molar-refractivity contribution in [3.05, 3.63) is 0 Å². The Balaban J connectivity index is 2.82. The summed E-state index contributed by atoms with van der Waals surface area (Å²) >= 11 is 0. The van der Waals surface area contributed by atoms with E-state index in [0.717, 1.165) is 0 Å². The van der Waals surface area contributed by atoms with Crippen LogP contribution in [0.15, 0.2) is 0 Å². The van der Waals surface area contributed by atoms with E-state index in [4.69, 9.17) is 9.47 Å². The van der Waals surface area contributed by atoms with Crippen LogP contribution in [0.2, 0.25) is 0 Å². The SMILES string of the molecule is COC(=O)[C@@]1(OC)OCCC[C@@H]1O. The lowest BCUT2D eigenvalue weighted by Gasteiger charge is -2.36. The Morgan fingerprint density at radius 3 is 2.77 bits per heavy atom. The Morgan fingerprint density at radius 1 is 1.62 bits per heavy atom. The second-order valence-electron chi connectivity index (χ2n) is 2.87. The molecule has 0 aliphatic carbocycles. The van der Waals surface area contributed by atoms with Crippen LogP contribution in [0.4, 0.5) is 0 Å². The summed E-state index contributed by atoms with van der Waals surface area (Å²) in [7, 11) is 2.54. The quantitative estimate of drug-likeness (QED) is 0.604. The summed E-state index contributed by atoms with van der Waals surface area (Å²) in [5.41, 5.74) is 0. The van der Waals surface area contributed by atoms with Crippen LogP contribution in [0, 0.1) is 0 Å². The number of aliphatic hydroxyl groups excluding tert-OH is 1. The summed E-state index contributed by atoms with van der Waals surface area (Å²) in [6, 6.07) is 0. The Morgan fingerprint density at radius 2 is 2.31 bits per heavy atom. The molecule has 1 rings (SSSR count). The zero-order valence-corrected chi connectivity index (χ0v) is 7.78. The third-order valence-electron chi connectivity index (χ3n) is 2.15. The summed E-state index contributed by atoms with van der Waals surface area (Å²) in [4.78, 5) is 11.3. The van der Waals surface area contributed by atoms with Gasteiger partial charge in [-0.1, -0.05) is 0 Å². The second kappa shape index (κ2) is 4.04. The molecule has 1 aliphatic heterocycles. The lowest BCUT2D eigenvalue weighted by Crippen LogP contribution is -2.56. The van der Waals surface area contributed by atoms with E-state index >= 15 is 0 Å². The third-order valence-corrected chi connectivity index (χ3v) is 2.15. The highest BCUT2D eigenvalue weighted by Crippen LogP contribution is 2.27. The highest BCUT2D eigenvalue weighted by molar-refractivity contribution is 5.78. The van der Waals surface area contributed by atoms with E-state index in [1.165, 1.54) is 14.2 Å². The van der Waals surface area contributed by atoms with E-state index in [9.17, 15) is 9.90 Å². The maximum Gasteiger partial charge on any atom is 0.369 e. The van der Waals surface area contributed by atoms with Gasteiger partial charge in [0.25, 0.3) is 5.79 Å². The van der Waals surface area contributed by atoms with Crippen LogP contribution < -0.4 is 0 Å². The molecule has 1 heterocycles. The van der Waals surface area contributed by atoms with Crippen molar-refractivity contribution in [1.82, 2.24) is 0 Å². The minimum Gasteiger partial charge on any atom is -0.465 e. The van der Waals surface area contributed by atoms with Gasteiger partial charge < -0.3 is 19.3 Å². The highest BCUT2D eigenvalue weighted by Gasteiger charge is 2.50. The first-order chi connectivity index (χ1) is 6.17. The van der Waals surface area contributed by atoms with E-state index < -0.39 is 17.9 Å². The van der Waals surface area contributed by atoms with E-state index in [0.29, 0.717) is 19.4 Å². The number of carbonyl (C=O) groups is 1. The molecule has 0 spiro atoms. The molecule has 5 heteroatoms. The molecule has 0 aromatic rings. The molecule has 2 atom stereocenters. The number of aliphatic hydroxyl groups is 1. The molecule has 13 heavy (non-hydrogen) atoms. The van der Waals surface area contributed by atoms with Gasteiger partial charge in [0.05, 0.1) is 13.7 Å². The molecule has 1 saturated heterocycles. The van der Waals surface area contributed by atoms with Gasteiger partial charge in [0.2, 0.25) is 0 Å². The molecule has 0 unspecified atom stereocenters. The van der Waals surface area contributed by atoms with Gasteiger partial charge in [-0.05, 0) is 12.8 Å². The van der Waals surface area contributed by atoms with Crippen molar-refractivity contribution in [2.75, 3.05) is 20.8 Å². The molecule has 76 valence electrons. The summed E-state index contributed by atoms with van der Waals surface area (Å²) in [5.74, 6) is -2.31. The molecule has 0 saturated carbocycles. The number of hydrogen-bond donors (Lipinski definition) is 1. The molecular weight excluding hydrogens is 176 g/mol. The van der Waals surface area contributed by atoms with Crippen LogP contribution >= 0.6 is 0 Å². The summed E-state index contributed by atoms with van der Waals surface area (Å²) < 4.78 is 14.5. The Bertz CT molecular complexity index is 193. The van der Waals surface area contributed by atoms with Gasteiger partial charge in [-0.25, -0.2) is 4.79 Å². The molecule has 0 aromatic heterocycles. The average Bonchev–Trinajstić information content (AvgIpc) is 2.18. The normalized spacial score (nSPS) is 34.2. The van der Waals surface area contributed by atoms with Gasteiger partial charge in [0, 0.05) is 7.11 Å². The third kappa shape index (κ3) is 1.67. The molecular formula is C8H14O5. The Hall–Kier alpha value is -0.650. The first-order valence-electron chi connectivity index (χ1n) is 4.13. The largest absolute Gasteiger partial charge is 0.465 e. The Kier molecular flexibility index (Phi) is 3.24. The molecule has 5 nitrogen and oxygen atoms in total. The van der Waals surface area contributed by atoms with Crippen LogP contribution in [-0.4, -0.2) is 43.8 Å². The first-order valence-corrected chi connectivity index (χ1v) is 4.13. The topological polar surface area (TPSA) is 65.0 Å². The van der Waals surface area contributed by atoms with Gasteiger partial charge in [-0.2, -0.15) is 0 Å². The molecule has 1 fully saturated rings. The molecule has 1 aliphatic rings. The maximum absolute atomic E-state index is 11.3. The van der Waals surface area contributed by atoms with Crippen LogP contribution in [0.25, 0.3) is 0 Å². The molecule has 0 aromatic carbocycles. The number of ether oxygens (including phenoxy) is 3. The van der Waals surface area contributed by atoms with Crippen molar-refractivity contribution >= 4 is 5.97 Å². The van der Waals surface area contributed by atoms with Crippen LogP contribution in [0.5, 0.6) is 0 Å². The second-order valence-corrected chi connectivity index (χ2v) is 2.87. The molecule has 0 bridgehead atoms. The van der Waals surface area contributed by atoms with Gasteiger partial charge in [0.1, 0.15) is 6.10 Å². The van der Waals surface area contributed by atoms with Crippen molar-refractivity contribution < 1.29 is 24.1 Å².